The van der Waals surface area contributed by atoms with Crippen LogP contribution in [0.25, 0.3) is 11.0 Å². The Balaban J connectivity index is 1.37. The highest BCUT2D eigenvalue weighted by atomic mass is 35.5. The number of para-hydroxylation sites is 1. The first-order valence-corrected chi connectivity index (χ1v) is 8.92. The van der Waals surface area contributed by atoms with Crippen LogP contribution < -0.4 is 16.2 Å². The van der Waals surface area contributed by atoms with Crippen LogP contribution in [0.2, 0.25) is 5.02 Å². The van der Waals surface area contributed by atoms with Crippen LogP contribution in [0.5, 0.6) is 0 Å². The van der Waals surface area contributed by atoms with Crippen LogP contribution in [0.15, 0.2) is 53.1 Å². The summed E-state index contributed by atoms with van der Waals surface area (Å²) in [5.74, 6) is 0.181. The van der Waals surface area contributed by atoms with Crippen LogP contribution in [-0.4, -0.2) is 24.2 Å². The number of carbonyl (C=O) groups is 1. The molecule has 2 aromatic carbocycles. The van der Waals surface area contributed by atoms with Gasteiger partial charge in [-0.25, -0.2) is 5.43 Å². The highest BCUT2D eigenvalue weighted by Crippen LogP contribution is 2.25. The van der Waals surface area contributed by atoms with Crippen LogP contribution in [-0.2, 0) is 11.2 Å². The number of aromatic nitrogens is 1. The van der Waals surface area contributed by atoms with Crippen molar-refractivity contribution in [1.29, 1.82) is 0 Å². The Morgan fingerprint density at radius 2 is 2.04 bits per heavy atom. The highest BCUT2D eigenvalue weighted by Gasteiger charge is 2.28. The molecule has 0 aliphatic carbocycles. The average Bonchev–Trinajstić information content (AvgIpc) is 3.28. The Labute approximate surface area is 155 Å². The standard InChI is InChI=1S/C19H19ClN4O2/c20-14-7-5-12(6-8-14)19-13(11-22-23-19)10-21-18(25)9-16-15-3-1-2-4-17(15)26-24-16/h1-8,13,19,22-23H,9-11H2,(H,21,25). The van der Waals surface area contributed by atoms with E-state index in [0.717, 1.165) is 17.5 Å². The van der Waals surface area contributed by atoms with E-state index in [9.17, 15) is 4.79 Å². The lowest BCUT2D eigenvalue weighted by Gasteiger charge is -2.19. The largest absolute Gasteiger partial charge is 0.356 e. The Morgan fingerprint density at radius 3 is 2.88 bits per heavy atom. The van der Waals surface area contributed by atoms with Crippen molar-refractivity contribution in [2.75, 3.05) is 13.1 Å². The second-order valence-electron chi connectivity index (χ2n) is 6.42. The zero-order chi connectivity index (χ0) is 17.9. The van der Waals surface area contributed by atoms with E-state index in [1.165, 1.54) is 0 Å². The number of rotatable bonds is 5. The number of carbonyl (C=O) groups excluding carboxylic acids is 1. The SMILES string of the molecule is O=C(Cc1noc2ccccc12)NCC1CNNC1c1ccc(Cl)cc1. The molecule has 7 heteroatoms. The van der Waals surface area contributed by atoms with Gasteiger partial charge in [-0.2, -0.15) is 0 Å². The van der Waals surface area contributed by atoms with Crippen LogP contribution in [0.1, 0.15) is 17.3 Å². The molecule has 2 heterocycles. The molecule has 4 rings (SSSR count). The molecule has 1 fully saturated rings. The number of benzene rings is 2. The van der Waals surface area contributed by atoms with Crippen molar-refractivity contribution in [1.82, 2.24) is 21.3 Å². The van der Waals surface area contributed by atoms with Gasteiger partial charge in [-0.1, -0.05) is 41.0 Å². The van der Waals surface area contributed by atoms with Gasteiger partial charge in [-0.05, 0) is 29.8 Å². The Morgan fingerprint density at radius 1 is 1.23 bits per heavy atom. The fourth-order valence-corrected chi connectivity index (χ4v) is 3.40. The van der Waals surface area contributed by atoms with Crippen LogP contribution in [0, 0.1) is 5.92 Å². The Kier molecular flexibility index (Phi) is 4.88. The first-order valence-electron chi connectivity index (χ1n) is 8.54. The number of amides is 1. The molecule has 1 aliphatic heterocycles. The monoisotopic (exact) mass is 370 g/mol. The number of hydrogen-bond donors (Lipinski definition) is 3. The molecule has 2 unspecified atom stereocenters. The lowest BCUT2D eigenvalue weighted by Crippen LogP contribution is -2.33. The van der Waals surface area contributed by atoms with Gasteiger partial charge < -0.3 is 9.84 Å². The third kappa shape index (κ3) is 3.58. The van der Waals surface area contributed by atoms with Gasteiger partial charge in [0, 0.05) is 29.4 Å². The van der Waals surface area contributed by atoms with E-state index in [2.05, 4.69) is 21.3 Å². The quantitative estimate of drug-likeness (QED) is 0.643. The smallest absolute Gasteiger partial charge is 0.226 e. The summed E-state index contributed by atoms with van der Waals surface area (Å²) in [6.07, 6.45) is 0.205. The van der Waals surface area contributed by atoms with Gasteiger partial charge in [0.25, 0.3) is 0 Å². The van der Waals surface area contributed by atoms with Crippen molar-refractivity contribution in [3.05, 3.63) is 64.8 Å². The van der Waals surface area contributed by atoms with E-state index in [1.54, 1.807) is 0 Å². The molecular weight excluding hydrogens is 352 g/mol. The first kappa shape index (κ1) is 17.0. The summed E-state index contributed by atoms with van der Waals surface area (Å²) < 4.78 is 5.25. The molecule has 0 bridgehead atoms. The molecule has 1 amide bonds. The highest BCUT2D eigenvalue weighted by molar-refractivity contribution is 6.30. The molecule has 3 aromatic rings. The van der Waals surface area contributed by atoms with Crippen LogP contribution >= 0.6 is 11.6 Å². The summed E-state index contributed by atoms with van der Waals surface area (Å²) in [5, 5.41) is 8.62. The molecule has 0 saturated carbocycles. The third-order valence-corrected chi connectivity index (χ3v) is 4.92. The first-order chi connectivity index (χ1) is 12.7. The number of fused-ring (bicyclic) bond motifs is 1. The normalized spacial score (nSPS) is 19.7. The van der Waals surface area contributed by atoms with E-state index in [1.807, 2.05) is 48.5 Å². The van der Waals surface area contributed by atoms with Crippen LogP contribution in [0.4, 0.5) is 0 Å². The second kappa shape index (κ2) is 7.45. The van der Waals surface area contributed by atoms with Crippen molar-refractivity contribution < 1.29 is 9.32 Å². The predicted octanol–water partition coefficient (Wildman–Crippen LogP) is 2.61. The van der Waals surface area contributed by atoms with Crippen molar-refractivity contribution in [3.63, 3.8) is 0 Å². The minimum atomic E-state index is -0.0641. The van der Waals surface area contributed by atoms with Gasteiger partial charge in [-0.15, -0.1) is 0 Å². The molecule has 3 N–H and O–H groups in total. The van der Waals surface area contributed by atoms with E-state index in [4.69, 9.17) is 16.1 Å². The summed E-state index contributed by atoms with van der Waals surface area (Å²) in [4.78, 5) is 12.3. The second-order valence-corrected chi connectivity index (χ2v) is 6.86. The number of nitrogens with zero attached hydrogens (tertiary/aromatic N) is 1. The number of hydrogen-bond acceptors (Lipinski definition) is 5. The third-order valence-electron chi connectivity index (χ3n) is 4.66. The molecule has 1 aliphatic rings. The molecule has 1 aromatic heterocycles. The van der Waals surface area contributed by atoms with E-state index in [0.29, 0.717) is 22.8 Å². The zero-order valence-electron chi connectivity index (χ0n) is 14.0. The van der Waals surface area contributed by atoms with Crippen molar-refractivity contribution >= 4 is 28.5 Å². The van der Waals surface area contributed by atoms with Crippen molar-refractivity contribution in [2.45, 2.75) is 12.5 Å². The number of halogens is 1. The number of nitrogens with one attached hydrogen (secondary N) is 3. The maximum atomic E-state index is 12.3. The fraction of sp³-hybridized carbons (Fsp3) is 0.263. The minimum absolute atomic E-state index is 0.0641. The summed E-state index contributed by atoms with van der Waals surface area (Å²) in [7, 11) is 0. The van der Waals surface area contributed by atoms with Gasteiger partial charge in [-0.3, -0.25) is 10.2 Å². The van der Waals surface area contributed by atoms with Gasteiger partial charge in [0.1, 0.15) is 5.69 Å². The van der Waals surface area contributed by atoms with E-state index in [-0.39, 0.29) is 24.3 Å². The molecule has 26 heavy (non-hydrogen) atoms. The minimum Gasteiger partial charge on any atom is -0.356 e. The Bertz CT molecular complexity index is 909. The lowest BCUT2D eigenvalue weighted by atomic mass is 9.95. The molecule has 0 spiro atoms. The summed E-state index contributed by atoms with van der Waals surface area (Å²) in [5.41, 5.74) is 8.93. The summed E-state index contributed by atoms with van der Waals surface area (Å²) >= 11 is 5.96. The van der Waals surface area contributed by atoms with Gasteiger partial charge in [0.15, 0.2) is 5.58 Å². The summed E-state index contributed by atoms with van der Waals surface area (Å²) in [6, 6.07) is 15.4. The lowest BCUT2D eigenvalue weighted by molar-refractivity contribution is -0.120. The predicted molar refractivity (Wildman–Crippen MR) is 99.5 cm³/mol. The molecule has 134 valence electrons. The molecule has 2 atom stereocenters. The topological polar surface area (TPSA) is 79.2 Å². The maximum Gasteiger partial charge on any atom is 0.226 e. The average molecular weight is 371 g/mol. The van der Waals surface area contributed by atoms with E-state index < -0.39 is 0 Å². The maximum absolute atomic E-state index is 12.3. The zero-order valence-corrected chi connectivity index (χ0v) is 14.8. The van der Waals surface area contributed by atoms with Crippen molar-refractivity contribution in [3.8, 4) is 0 Å². The Hall–Kier alpha value is -2.41. The molecule has 1 saturated heterocycles. The number of hydrazine groups is 1. The van der Waals surface area contributed by atoms with Gasteiger partial charge >= 0.3 is 0 Å². The van der Waals surface area contributed by atoms with Crippen molar-refractivity contribution in [2.24, 2.45) is 5.92 Å². The molecular formula is C19H19ClN4O2. The summed E-state index contributed by atoms with van der Waals surface area (Å²) in [6.45, 7) is 1.35. The molecule has 0 radical (unpaired) electrons. The fourth-order valence-electron chi connectivity index (χ4n) is 3.28. The van der Waals surface area contributed by atoms with E-state index >= 15 is 0 Å². The molecule has 6 nitrogen and oxygen atoms in total. The van der Waals surface area contributed by atoms with Gasteiger partial charge in [0.2, 0.25) is 5.91 Å². The van der Waals surface area contributed by atoms with Gasteiger partial charge in [0.05, 0.1) is 12.5 Å². The van der Waals surface area contributed by atoms with Crippen LogP contribution in [0.3, 0.4) is 0 Å².